The Labute approximate surface area is 223 Å². The molecule has 2 aromatic carbocycles. The van der Waals surface area contributed by atoms with Crippen LogP contribution in [0.25, 0.3) is 22.6 Å². The lowest BCUT2D eigenvalue weighted by atomic mass is 10.1. The summed E-state index contributed by atoms with van der Waals surface area (Å²) in [6, 6.07) is 12.9. The van der Waals surface area contributed by atoms with Gasteiger partial charge in [-0.15, -0.1) is 0 Å². The number of pyridine rings is 1. The number of fused-ring (bicyclic) bond motifs is 3. The highest BCUT2D eigenvalue weighted by Crippen LogP contribution is 2.39. The van der Waals surface area contributed by atoms with E-state index in [1.807, 2.05) is 30.2 Å². The number of nitrogens with zero attached hydrogens (tertiary/aromatic N) is 6. The number of carbonyl (C=O) groups excluding carboxylic acids is 1. The SMILES string of the molecule is CCN1C(=O)c2nc(-c3cnc(-c4cccc(F)c4)c(F)c3)n(Cc3ccc(F)cc3)c2N2CC(C)(C)N=C12. The van der Waals surface area contributed by atoms with Crippen LogP contribution in [0.15, 0.2) is 65.8 Å². The van der Waals surface area contributed by atoms with Crippen molar-refractivity contribution in [3.63, 3.8) is 0 Å². The van der Waals surface area contributed by atoms with Gasteiger partial charge in [0.15, 0.2) is 5.69 Å². The number of guanidine groups is 1. The second-order valence-corrected chi connectivity index (χ2v) is 10.2. The maximum Gasteiger partial charge on any atom is 0.283 e. The maximum absolute atomic E-state index is 15.4. The highest BCUT2D eigenvalue weighted by Gasteiger charge is 2.45. The van der Waals surface area contributed by atoms with Gasteiger partial charge < -0.3 is 4.57 Å². The fourth-order valence-electron chi connectivity index (χ4n) is 5.12. The van der Waals surface area contributed by atoms with Gasteiger partial charge in [-0.25, -0.2) is 23.1 Å². The Kier molecular flexibility index (Phi) is 5.78. The molecule has 0 aliphatic carbocycles. The third-order valence-corrected chi connectivity index (χ3v) is 6.84. The molecule has 2 aliphatic heterocycles. The second kappa shape index (κ2) is 9.07. The molecule has 0 fully saturated rings. The molecule has 4 aromatic rings. The lowest BCUT2D eigenvalue weighted by Crippen LogP contribution is -2.51. The van der Waals surface area contributed by atoms with Crippen LogP contribution in [0, 0.1) is 17.5 Å². The summed E-state index contributed by atoms with van der Waals surface area (Å²) in [5.41, 5.74) is 1.20. The van der Waals surface area contributed by atoms with Gasteiger partial charge in [-0.1, -0.05) is 24.3 Å². The normalized spacial score (nSPS) is 15.8. The molecule has 198 valence electrons. The number of amides is 1. The topological polar surface area (TPSA) is 66.6 Å². The zero-order chi connectivity index (χ0) is 27.5. The smallest absolute Gasteiger partial charge is 0.283 e. The zero-order valence-corrected chi connectivity index (χ0v) is 21.6. The third kappa shape index (κ3) is 4.25. The first kappa shape index (κ1) is 24.8. The van der Waals surface area contributed by atoms with Crippen LogP contribution in [0.1, 0.15) is 36.8 Å². The number of hydrogen-bond donors (Lipinski definition) is 0. The fraction of sp³-hybridized carbons (Fsp3) is 0.241. The van der Waals surface area contributed by atoms with Crippen molar-refractivity contribution in [2.75, 3.05) is 18.0 Å². The Morgan fingerprint density at radius 3 is 2.41 bits per heavy atom. The third-order valence-electron chi connectivity index (χ3n) is 6.84. The Balaban J connectivity index is 1.53. The Morgan fingerprint density at radius 1 is 0.949 bits per heavy atom. The van der Waals surface area contributed by atoms with Crippen LogP contribution in [-0.4, -0.2) is 49.9 Å². The van der Waals surface area contributed by atoms with Crippen molar-refractivity contribution in [2.45, 2.75) is 32.9 Å². The van der Waals surface area contributed by atoms with E-state index in [4.69, 9.17) is 9.98 Å². The number of aliphatic imine (C=N–C) groups is 1. The van der Waals surface area contributed by atoms with Crippen molar-refractivity contribution in [1.29, 1.82) is 0 Å². The van der Waals surface area contributed by atoms with E-state index in [2.05, 4.69) is 4.98 Å². The van der Waals surface area contributed by atoms with Crippen LogP contribution in [0.2, 0.25) is 0 Å². The molecule has 39 heavy (non-hydrogen) atoms. The number of benzene rings is 2. The maximum atomic E-state index is 15.4. The number of anilines is 1. The van der Waals surface area contributed by atoms with Crippen LogP contribution < -0.4 is 4.90 Å². The summed E-state index contributed by atoms with van der Waals surface area (Å²) in [4.78, 5) is 31.0. The summed E-state index contributed by atoms with van der Waals surface area (Å²) in [7, 11) is 0. The zero-order valence-electron chi connectivity index (χ0n) is 21.6. The van der Waals surface area contributed by atoms with E-state index in [0.717, 1.165) is 5.56 Å². The first-order valence-corrected chi connectivity index (χ1v) is 12.6. The predicted molar refractivity (Wildman–Crippen MR) is 142 cm³/mol. The van der Waals surface area contributed by atoms with Crippen molar-refractivity contribution in [1.82, 2.24) is 19.4 Å². The van der Waals surface area contributed by atoms with Gasteiger partial charge in [0.25, 0.3) is 5.91 Å². The number of imidazole rings is 1. The molecule has 10 heteroatoms. The lowest BCUT2D eigenvalue weighted by molar-refractivity contribution is 0.0841. The molecule has 2 aromatic heterocycles. The van der Waals surface area contributed by atoms with Gasteiger partial charge in [0.2, 0.25) is 5.96 Å². The molecule has 0 bridgehead atoms. The summed E-state index contributed by atoms with van der Waals surface area (Å²) in [5.74, 6) is -0.402. The Bertz CT molecular complexity index is 1640. The minimum absolute atomic E-state index is 0.00333. The average molecular weight is 531 g/mol. The molecule has 0 unspecified atom stereocenters. The predicted octanol–water partition coefficient (Wildman–Crippen LogP) is 5.51. The molecule has 0 spiro atoms. The molecule has 0 atom stereocenters. The molecule has 6 rings (SSSR count). The van der Waals surface area contributed by atoms with Crippen LogP contribution in [0.5, 0.6) is 0 Å². The van der Waals surface area contributed by atoms with E-state index >= 15 is 4.39 Å². The van der Waals surface area contributed by atoms with E-state index in [0.29, 0.717) is 41.8 Å². The Morgan fingerprint density at radius 2 is 1.72 bits per heavy atom. The molecule has 1 amide bonds. The monoisotopic (exact) mass is 530 g/mol. The van der Waals surface area contributed by atoms with Crippen molar-refractivity contribution in [3.05, 3.63) is 89.5 Å². The van der Waals surface area contributed by atoms with Gasteiger partial charge in [0.1, 0.15) is 34.8 Å². The van der Waals surface area contributed by atoms with Crippen molar-refractivity contribution in [2.24, 2.45) is 4.99 Å². The van der Waals surface area contributed by atoms with Gasteiger partial charge in [-0.05, 0) is 56.7 Å². The van der Waals surface area contributed by atoms with Crippen molar-refractivity contribution >= 4 is 17.7 Å². The minimum Gasteiger partial charge on any atom is -0.305 e. The Hall–Kier alpha value is -4.47. The standard InChI is InChI=1S/C29H25F3N6O/c1-4-36-27(39)24-26(38-16-29(2,3)35-28(36)38)37(15-17-8-10-20(30)11-9-17)25(34-24)19-13-22(32)23(33-14-19)18-6-5-7-21(31)12-18/h5-14H,4,15-16H2,1-3H3. The van der Waals surface area contributed by atoms with Gasteiger partial charge >= 0.3 is 0 Å². The molecular weight excluding hydrogens is 505 g/mol. The molecule has 0 radical (unpaired) electrons. The largest absolute Gasteiger partial charge is 0.305 e. The van der Waals surface area contributed by atoms with Crippen LogP contribution in [0.3, 0.4) is 0 Å². The molecule has 7 nitrogen and oxygen atoms in total. The quantitative estimate of drug-likeness (QED) is 0.342. The lowest BCUT2D eigenvalue weighted by Gasteiger charge is -2.34. The van der Waals surface area contributed by atoms with Crippen molar-refractivity contribution in [3.8, 4) is 22.6 Å². The summed E-state index contributed by atoms with van der Waals surface area (Å²) in [5, 5.41) is 0. The number of aromatic nitrogens is 3. The number of rotatable bonds is 5. The molecule has 2 aliphatic rings. The molecular formula is C29H25F3N6O. The highest BCUT2D eigenvalue weighted by molar-refractivity contribution is 6.18. The van der Waals surface area contributed by atoms with Crippen LogP contribution in [-0.2, 0) is 6.54 Å². The first-order chi connectivity index (χ1) is 18.6. The number of hydrogen-bond acceptors (Lipinski definition) is 5. The van der Waals surface area contributed by atoms with Gasteiger partial charge in [-0.2, -0.15) is 0 Å². The second-order valence-electron chi connectivity index (χ2n) is 10.2. The summed E-state index contributed by atoms with van der Waals surface area (Å²) in [6.45, 7) is 7.01. The summed E-state index contributed by atoms with van der Waals surface area (Å²) in [6.07, 6.45) is 1.46. The number of carbonyl (C=O) groups is 1. The van der Waals surface area contributed by atoms with E-state index in [9.17, 15) is 13.6 Å². The van der Waals surface area contributed by atoms with Gasteiger partial charge in [0, 0.05) is 23.9 Å². The summed E-state index contributed by atoms with van der Waals surface area (Å²) >= 11 is 0. The molecule has 4 heterocycles. The average Bonchev–Trinajstić information content (AvgIpc) is 3.42. The molecule has 0 N–H and O–H groups in total. The molecule has 0 saturated carbocycles. The van der Waals surface area contributed by atoms with Crippen molar-refractivity contribution < 1.29 is 18.0 Å². The first-order valence-electron chi connectivity index (χ1n) is 12.6. The summed E-state index contributed by atoms with van der Waals surface area (Å²) < 4.78 is 44.6. The van der Waals surface area contributed by atoms with Crippen LogP contribution in [0.4, 0.5) is 19.0 Å². The van der Waals surface area contributed by atoms with Gasteiger partial charge in [0.05, 0.1) is 18.6 Å². The van der Waals surface area contributed by atoms with Crippen LogP contribution >= 0.6 is 0 Å². The minimum atomic E-state index is -0.654. The van der Waals surface area contributed by atoms with Gasteiger partial charge in [-0.3, -0.25) is 19.6 Å². The van der Waals surface area contributed by atoms with E-state index in [1.54, 1.807) is 23.1 Å². The highest BCUT2D eigenvalue weighted by atomic mass is 19.1. The fourth-order valence-corrected chi connectivity index (χ4v) is 5.12. The molecule has 0 saturated heterocycles. The van der Waals surface area contributed by atoms with E-state index < -0.39 is 17.2 Å². The van der Waals surface area contributed by atoms with E-state index in [-0.39, 0.29) is 29.7 Å². The number of halogens is 3. The van der Waals surface area contributed by atoms with E-state index in [1.165, 1.54) is 42.6 Å².